The van der Waals surface area contributed by atoms with E-state index >= 15 is 0 Å². The number of fused-ring (bicyclic) bond motifs is 1. The van der Waals surface area contributed by atoms with Crippen molar-refractivity contribution in [2.45, 2.75) is 115 Å². The van der Waals surface area contributed by atoms with Crippen LogP contribution in [0.5, 0.6) is 0 Å². The fourth-order valence-electron chi connectivity index (χ4n) is 6.53. The molecule has 4 heteroatoms. The van der Waals surface area contributed by atoms with Gasteiger partial charge >= 0.3 is 0 Å². The lowest BCUT2D eigenvalue weighted by molar-refractivity contribution is 0.0792. The normalized spacial score (nSPS) is 36.3. The molecule has 3 fully saturated rings. The second kappa shape index (κ2) is 12.4. The zero-order chi connectivity index (χ0) is 23.9. The van der Waals surface area contributed by atoms with E-state index in [-0.39, 0.29) is 18.0 Å². The molecule has 0 aromatic heterocycles. The third kappa shape index (κ3) is 7.72. The van der Waals surface area contributed by atoms with Crippen molar-refractivity contribution in [2.75, 3.05) is 12.4 Å². The van der Waals surface area contributed by atoms with E-state index < -0.39 is 5.60 Å². The summed E-state index contributed by atoms with van der Waals surface area (Å²) in [7, 11) is 0. The van der Waals surface area contributed by atoms with Gasteiger partial charge in [-0.05, 0) is 95.3 Å². The van der Waals surface area contributed by atoms with Gasteiger partial charge in [-0.2, -0.15) is 11.8 Å². The third-order valence-corrected chi connectivity index (χ3v) is 9.86. The standard InChI is InChI=1S/C29H48O3S/c1-28(2,32)17-7-6-11-24-10-4-5-12-25-23(9-8-18-29(24,25)3)15-13-22-14-16-27(26(31)21-22)33-20-19-30/h6-7,13,15,24-27,30-32H,4-5,8-12,14,16-21H2,1-3H3/b7-6+,22-13-,23-15+. The topological polar surface area (TPSA) is 60.7 Å². The van der Waals surface area contributed by atoms with Crippen molar-refractivity contribution < 1.29 is 15.3 Å². The summed E-state index contributed by atoms with van der Waals surface area (Å²) < 4.78 is 0. The van der Waals surface area contributed by atoms with Crippen molar-refractivity contribution >= 4 is 11.8 Å². The van der Waals surface area contributed by atoms with E-state index in [1.165, 1.54) is 50.5 Å². The van der Waals surface area contributed by atoms with Gasteiger partial charge in [0.2, 0.25) is 0 Å². The fraction of sp³-hybridized carbons (Fsp3) is 0.793. The van der Waals surface area contributed by atoms with Crippen LogP contribution in [0, 0.1) is 17.3 Å². The molecule has 3 aliphatic carbocycles. The summed E-state index contributed by atoms with van der Waals surface area (Å²) in [6.07, 6.45) is 22.9. The summed E-state index contributed by atoms with van der Waals surface area (Å²) in [4.78, 5) is 0. The van der Waals surface area contributed by atoms with Crippen LogP contribution in [0.25, 0.3) is 0 Å². The smallest absolute Gasteiger partial charge is 0.0696 e. The highest BCUT2D eigenvalue weighted by Gasteiger charge is 2.44. The minimum absolute atomic E-state index is 0.193. The Hall–Kier alpha value is -0.550. The first-order valence-electron chi connectivity index (χ1n) is 13.4. The van der Waals surface area contributed by atoms with Crippen LogP contribution in [-0.4, -0.2) is 44.6 Å². The van der Waals surface area contributed by atoms with Crippen LogP contribution < -0.4 is 0 Å². The minimum atomic E-state index is -0.620. The molecule has 0 heterocycles. The lowest BCUT2D eigenvalue weighted by atomic mass is 9.58. The number of aliphatic hydroxyl groups excluding tert-OH is 2. The molecule has 188 valence electrons. The fourth-order valence-corrected chi connectivity index (χ4v) is 7.54. The molecule has 5 atom stereocenters. The number of rotatable bonds is 8. The molecule has 0 aliphatic heterocycles. The van der Waals surface area contributed by atoms with Gasteiger partial charge in [-0.3, -0.25) is 0 Å². The number of aliphatic hydroxyl groups is 3. The summed E-state index contributed by atoms with van der Waals surface area (Å²) >= 11 is 1.72. The highest BCUT2D eigenvalue weighted by Crippen LogP contribution is 2.55. The largest absolute Gasteiger partial charge is 0.396 e. The van der Waals surface area contributed by atoms with Gasteiger partial charge in [0, 0.05) is 11.0 Å². The molecule has 0 bridgehead atoms. The highest BCUT2D eigenvalue weighted by atomic mass is 32.2. The molecule has 0 saturated heterocycles. The molecular weight excluding hydrogens is 428 g/mol. The molecule has 0 radical (unpaired) electrons. The Labute approximate surface area is 206 Å². The molecule has 3 N–H and O–H groups in total. The summed E-state index contributed by atoms with van der Waals surface area (Å²) in [6.45, 7) is 6.52. The number of thioether (sulfide) groups is 1. The van der Waals surface area contributed by atoms with Crippen LogP contribution in [0.3, 0.4) is 0 Å². The van der Waals surface area contributed by atoms with Crippen molar-refractivity contribution in [1.82, 2.24) is 0 Å². The maximum atomic E-state index is 10.6. The summed E-state index contributed by atoms with van der Waals surface area (Å²) in [5.41, 5.74) is 2.79. The average molecular weight is 477 g/mol. The summed E-state index contributed by atoms with van der Waals surface area (Å²) in [5, 5.41) is 29.9. The zero-order valence-corrected chi connectivity index (χ0v) is 22.1. The molecule has 0 spiro atoms. The monoisotopic (exact) mass is 476 g/mol. The van der Waals surface area contributed by atoms with Gasteiger partial charge in [0.05, 0.1) is 18.3 Å². The summed E-state index contributed by atoms with van der Waals surface area (Å²) in [5.74, 6) is 2.12. The minimum Gasteiger partial charge on any atom is -0.396 e. The molecule has 3 aliphatic rings. The van der Waals surface area contributed by atoms with Crippen molar-refractivity contribution in [3.8, 4) is 0 Å². The molecule has 0 amide bonds. The number of hydrogen-bond acceptors (Lipinski definition) is 4. The number of hydrogen-bond donors (Lipinski definition) is 3. The lowest BCUT2D eigenvalue weighted by Gasteiger charge is -2.47. The van der Waals surface area contributed by atoms with E-state index in [9.17, 15) is 10.2 Å². The SMILES string of the molecule is CC(C)(O)C/C=C/CC1CCCCC2/C(=C/C=C3/CCC(SCCO)C(O)C3)CCCC12C. The van der Waals surface area contributed by atoms with Crippen molar-refractivity contribution in [3.63, 3.8) is 0 Å². The quantitative estimate of drug-likeness (QED) is 0.346. The van der Waals surface area contributed by atoms with Crippen LogP contribution in [0.4, 0.5) is 0 Å². The zero-order valence-electron chi connectivity index (χ0n) is 21.3. The van der Waals surface area contributed by atoms with Crippen molar-refractivity contribution in [3.05, 3.63) is 35.5 Å². The van der Waals surface area contributed by atoms with E-state index in [1.807, 2.05) is 13.8 Å². The first-order valence-corrected chi connectivity index (χ1v) is 14.4. The Morgan fingerprint density at radius 2 is 1.85 bits per heavy atom. The van der Waals surface area contributed by atoms with Crippen LogP contribution >= 0.6 is 11.8 Å². The molecule has 5 unspecified atom stereocenters. The van der Waals surface area contributed by atoms with E-state index in [1.54, 1.807) is 17.3 Å². The Morgan fingerprint density at radius 1 is 1.06 bits per heavy atom. The molecule has 3 rings (SSSR count). The van der Waals surface area contributed by atoms with Crippen molar-refractivity contribution in [1.29, 1.82) is 0 Å². The molecule has 3 saturated carbocycles. The maximum Gasteiger partial charge on any atom is 0.0696 e. The third-order valence-electron chi connectivity index (χ3n) is 8.46. The summed E-state index contributed by atoms with van der Waals surface area (Å²) in [6, 6.07) is 0. The molecule has 0 aromatic rings. The van der Waals surface area contributed by atoms with Crippen LogP contribution in [-0.2, 0) is 0 Å². The van der Waals surface area contributed by atoms with Gasteiger partial charge in [-0.1, -0.05) is 55.2 Å². The van der Waals surface area contributed by atoms with Gasteiger partial charge in [-0.25, -0.2) is 0 Å². The van der Waals surface area contributed by atoms with Gasteiger partial charge in [0.15, 0.2) is 0 Å². The van der Waals surface area contributed by atoms with Gasteiger partial charge in [0.1, 0.15) is 0 Å². The van der Waals surface area contributed by atoms with Crippen LogP contribution in [0.15, 0.2) is 35.5 Å². The van der Waals surface area contributed by atoms with E-state index in [0.29, 0.717) is 11.3 Å². The number of allylic oxidation sites excluding steroid dienone is 4. The van der Waals surface area contributed by atoms with Gasteiger partial charge in [0.25, 0.3) is 0 Å². The predicted octanol–water partition coefficient (Wildman–Crippen LogP) is 6.58. The Kier molecular flexibility index (Phi) is 10.2. The predicted molar refractivity (Wildman–Crippen MR) is 141 cm³/mol. The Balaban J connectivity index is 1.68. The van der Waals surface area contributed by atoms with Crippen LogP contribution in [0.2, 0.25) is 0 Å². The first kappa shape index (κ1) is 27.0. The van der Waals surface area contributed by atoms with Crippen LogP contribution in [0.1, 0.15) is 97.8 Å². The molecule has 33 heavy (non-hydrogen) atoms. The van der Waals surface area contributed by atoms with E-state index in [4.69, 9.17) is 5.11 Å². The van der Waals surface area contributed by atoms with Crippen molar-refractivity contribution in [2.24, 2.45) is 17.3 Å². The lowest BCUT2D eigenvalue weighted by Crippen LogP contribution is -2.38. The molecule has 0 aromatic carbocycles. The average Bonchev–Trinajstić information content (AvgIpc) is 2.92. The Bertz CT molecular complexity index is 704. The molecular formula is C29H48O3S. The highest BCUT2D eigenvalue weighted by molar-refractivity contribution is 7.99. The van der Waals surface area contributed by atoms with E-state index in [2.05, 4.69) is 31.2 Å². The van der Waals surface area contributed by atoms with Gasteiger partial charge in [-0.15, -0.1) is 0 Å². The molecule has 3 nitrogen and oxygen atoms in total. The first-order chi connectivity index (χ1) is 15.7. The second-order valence-corrected chi connectivity index (χ2v) is 13.0. The Morgan fingerprint density at radius 3 is 2.58 bits per heavy atom. The second-order valence-electron chi connectivity index (χ2n) is 11.6. The van der Waals surface area contributed by atoms with E-state index in [0.717, 1.165) is 43.8 Å². The van der Waals surface area contributed by atoms with Gasteiger partial charge < -0.3 is 15.3 Å². The maximum absolute atomic E-state index is 10.6.